The normalized spacial score (nSPS) is 12.2. The molecule has 0 spiro atoms. The molecule has 18 heavy (non-hydrogen) atoms. The predicted octanol–water partition coefficient (Wildman–Crippen LogP) is 3.47. The molecule has 0 aliphatic rings. The van der Waals surface area contributed by atoms with Crippen LogP contribution in [0, 0.1) is 6.92 Å². The van der Waals surface area contributed by atoms with E-state index in [0.29, 0.717) is 0 Å². The van der Waals surface area contributed by atoms with Crippen molar-refractivity contribution in [1.82, 2.24) is 10.2 Å². The zero-order chi connectivity index (χ0) is 13.8. The summed E-state index contributed by atoms with van der Waals surface area (Å²) in [5.41, 5.74) is 2.53. The minimum absolute atomic E-state index is 0.182. The van der Waals surface area contributed by atoms with Gasteiger partial charge in [-0.3, -0.25) is 0 Å². The van der Waals surface area contributed by atoms with E-state index in [4.69, 9.17) is 11.6 Å². The van der Waals surface area contributed by atoms with E-state index in [2.05, 4.69) is 50.2 Å². The molecular weight excluding hydrogens is 244 g/mol. The summed E-state index contributed by atoms with van der Waals surface area (Å²) in [4.78, 5) is 2.29. The maximum Gasteiger partial charge on any atom is 0.0480 e. The van der Waals surface area contributed by atoms with Crippen molar-refractivity contribution in [3.05, 3.63) is 34.3 Å². The number of rotatable bonds is 5. The lowest BCUT2D eigenvalue weighted by molar-refractivity contribution is 0.303. The van der Waals surface area contributed by atoms with Crippen molar-refractivity contribution in [2.24, 2.45) is 0 Å². The number of nitrogens with zero attached hydrogens (tertiary/aromatic N) is 1. The Hall–Kier alpha value is -0.570. The Morgan fingerprint density at radius 3 is 2.56 bits per heavy atom. The molecule has 1 N–H and O–H groups in total. The SMILES string of the molecule is Cc1cccc(CN(C)CCNC(C)(C)C)c1Cl. The first-order chi connectivity index (χ1) is 8.29. The Kier molecular flexibility index (Phi) is 5.64. The molecule has 1 rings (SSSR count). The van der Waals surface area contributed by atoms with Crippen LogP contribution in [-0.2, 0) is 6.54 Å². The van der Waals surface area contributed by atoms with Crippen LogP contribution in [0.2, 0.25) is 5.02 Å². The molecule has 2 nitrogen and oxygen atoms in total. The smallest absolute Gasteiger partial charge is 0.0480 e. The second kappa shape index (κ2) is 6.55. The van der Waals surface area contributed by atoms with Crippen molar-refractivity contribution < 1.29 is 0 Å². The minimum Gasteiger partial charge on any atom is -0.311 e. The summed E-state index contributed by atoms with van der Waals surface area (Å²) in [6.07, 6.45) is 0. The largest absolute Gasteiger partial charge is 0.311 e. The lowest BCUT2D eigenvalue weighted by atomic mass is 10.1. The van der Waals surface area contributed by atoms with E-state index in [1.165, 1.54) is 5.56 Å². The van der Waals surface area contributed by atoms with Gasteiger partial charge in [0, 0.05) is 30.2 Å². The van der Waals surface area contributed by atoms with Gasteiger partial charge in [-0.25, -0.2) is 0 Å². The third-order valence-corrected chi connectivity index (χ3v) is 3.40. The second-order valence-corrected chi connectivity index (χ2v) is 6.34. The Morgan fingerprint density at radius 2 is 1.94 bits per heavy atom. The fraction of sp³-hybridized carbons (Fsp3) is 0.600. The van der Waals surface area contributed by atoms with Gasteiger partial charge >= 0.3 is 0 Å². The van der Waals surface area contributed by atoms with Crippen LogP contribution in [0.4, 0.5) is 0 Å². The Balaban J connectivity index is 2.45. The molecule has 3 heteroatoms. The zero-order valence-corrected chi connectivity index (χ0v) is 12.9. The van der Waals surface area contributed by atoms with Crippen LogP contribution in [0.1, 0.15) is 31.9 Å². The molecule has 0 atom stereocenters. The zero-order valence-electron chi connectivity index (χ0n) is 12.2. The molecular formula is C15H25ClN2. The molecule has 0 amide bonds. The first kappa shape index (κ1) is 15.5. The van der Waals surface area contributed by atoms with E-state index in [1.54, 1.807) is 0 Å². The maximum absolute atomic E-state index is 6.30. The molecule has 0 aliphatic carbocycles. The van der Waals surface area contributed by atoms with Gasteiger partial charge in [-0.15, -0.1) is 0 Å². The quantitative estimate of drug-likeness (QED) is 0.880. The van der Waals surface area contributed by atoms with Gasteiger partial charge in [0.05, 0.1) is 0 Å². The van der Waals surface area contributed by atoms with Crippen LogP contribution < -0.4 is 5.32 Å². The monoisotopic (exact) mass is 268 g/mol. The fourth-order valence-electron chi connectivity index (χ4n) is 1.82. The van der Waals surface area contributed by atoms with Gasteiger partial charge < -0.3 is 10.2 Å². The van der Waals surface area contributed by atoms with Crippen molar-refractivity contribution in [3.8, 4) is 0 Å². The van der Waals surface area contributed by atoms with E-state index >= 15 is 0 Å². The van der Waals surface area contributed by atoms with Gasteiger partial charge in [-0.2, -0.15) is 0 Å². The van der Waals surface area contributed by atoms with Crippen molar-refractivity contribution in [2.75, 3.05) is 20.1 Å². The van der Waals surface area contributed by atoms with Gasteiger partial charge in [-0.1, -0.05) is 29.8 Å². The average molecular weight is 269 g/mol. The van der Waals surface area contributed by atoms with Crippen LogP contribution in [0.15, 0.2) is 18.2 Å². The topological polar surface area (TPSA) is 15.3 Å². The molecule has 0 radical (unpaired) electrons. The maximum atomic E-state index is 6.30. The molecule has 0 aliphatic heterocycles. The summed E-state index contributed by atoms with van der Waals surface area (Å²) in [5.74, 6) is 0. The van der Waals surface area contributed by atoms with Gasteiger partial charge in [0.2, 0.25) is 0 Å². The lowest BCUT2D eigenvalue weighted by Crippen LogP contribution is -2.40. The molecule has 0 heterocycles. The van der Waals surface area contributed by atoms with E-state index in [1.807, 2.05) is 13.0 Å². The average Bonchev–Trinajstić information content (AvgIpc) is 2.23. The van der Waals surface area contributed by atoms with E-state index in [-0.39, 0.29) is 5.54 Å². The van der Waals surface area contributed by atoms with E-state index in [0.717, 1.165) is 30.2 Å². The molecule has 0 saturated heterocycles. The summed E-state index contributed by atoms with van der Waals surface area (Å²) in [6.45, 7) is 11.5. The molecule has 1 aromatic rings. The summed E-state index contributed by atoms with van der Waals surface area (Å²) >= 11 is 6.30. The van der Waals surface area contributed by atoms with Gasteiger partial charge in [0.25, 0.3) is 0 Å². The molecule has 0 unspecified atom stereocenters. The number of hydrogen-bond donors (Lipinski definition) is 1. The summed E-state index contributed by atoms with van der Waals surface area (Å²) < 4.78 is 0. The summed E-state index contributed by atoms with van der Waals surface area (Å²) in [5, 5.41) is 4.39. The third-order valence-electron chi connectivity index (χ3n) is 2.86. The van der Waals surface area contributed by atoms with Crippen molar-refractivity contribution in [1.29, 1.82) is 0 Å². The van der Waals surface area contributed by atoms with Crippen LogP contribution in [0.25, 0.3) is 0 Å². The number of halogens is 1. The second-order valence-electron chi connectivity index (χ2n) is 5.96. The Morgan fingerprint density at radius 1 is 1.28 bits per heavy atom. The third kappa shape index (κ3) is 5.38. The predicted molar refractivity (Wildman–Crippen MR) is 80.3 cm³/mol. The highest BCUT2D eigenvalue weighted by atomic mass is 35.5. The van der Waals surface area contributed by atoms with Gasteiger partial charge in [0.1, 0.15) is 0 Å². The standard InChI is InChI=1S/C15H25ClN2/c1-12-7-6-8-13(14(12)16)11-18(5)10-9-17-15(2,3)4/h6-8,17H,9-11H2,1-5H3. The van der Waals surface area contributed by atoms with Crippen LogP contribution in [0.3, 0.4) is 0 Å². The Labute approximate surface area is 116 Å². The number of benzene rings is 1. The molecule has 0 aromatic heterocycles. The molecule has 0 saturated carbocycles. The number of likely N-dealkylation sites (N-methyl/N-ethyl adjacent to an activating group) is 1. The van der Waals surface area contributed by atoms with Crippen molar-refractivity contribution >= 4 is 11.6 Å². The number of nitrogens with one attached hydrogen (secondary N) is 1. The summed E-state index contributed by atoms with van der Waals surface area (Å²) in [7, 11) is 2.13. The van der Waals surface area contributed by atoms with Crippen LogP contribution in [-0.4, -0.2) is 30.6 Å². The first-order valence-electron chi connectivity index (χ1n) is 6.47. The van der Waals surface area contributed by atoms with Crippen LogP contribution >= 0.6 is 11.6 Å². The highest BCUT2D eigenvalue weighted by molar-refractivity contribution is 6.32. The van der Waals surface area contributed by atoms with E-state index < -0.39 is 0 Å². The lowest BCUT2D eigenvalue weighted by Gasteiger charge is -2.24. The number of aryl methyl sites for hydroxylation is 1. The van der Waals surface area contributed by atoms with Gasteiger partial charge in [0.15, 0.2) is 0 Å². The van der Waals surface area contributed by atoms with Crippen molar-refractivity contribution in [3.63, 3.8) is 0 Å². The fourth-order valence-corrected chi connectivity index (χ4v) is 2.01. The molecule has 102 valence electrons. The number of hydrogen-bond acceptors (Lipinski definition) is 2. The highest BCUT2D eigenvalue weighted by Gasteiger charge is 2.09. The summed E-state index contributed by atoms with van der Waals surface area (Å²) in [6, 6.07) is 6.22. The van der Waals surface area contributed by atoms with Gasteiger partial charge in [-0.05, 0) is 45.9 Å². The van der Waals surface area contributed by atoms with Crippen LogP contribution in [0.5, 0.6) is 0 Å². The van der Waals surface area contributed by atoms with Crippen molar-refractivity contribution in [2.45, 2.75) is 39.8 Å². The first-order valence-corrected chi connectivity index (χ1v) is 6.85. The highest BCUT2D eigenvalue weighted by Crippen LogP contribution is 2.21. The molecule has 0 fully saturated rings. The Bertz CT molecular complexity index is 383. The minimum atomic E-state index is 0.182. The molecule has 0 bridgehead atoms. The molecule has 1 aromatic carbocycles. The van der Waals surface area contributed by atoms with E-state index in [9.17, 15) is 0 Å².